The van der Waals surface area contributed by atoms with Crippen LogP contribution in [0.25, 0.3) is 0 Å². The highest BCUT2D eigenvalue weighted by Gasteiger charge is 2.31. The summed E-state index contributed by atoms with van der Waals surface area (Å²) in [7, 11) is 0. The van der Waals surface area contributed by atoms with Gasteiger partial charge in [-0.3, -0.25) is 14.5 Å². The molecule has 0 aromatic heterocycles. The maximum Gasteiger partial charge on any atom is 0.410 e. The summed E-state index contributed by atoms with van der Waals surface area (Å²) >= 11 is 0. The van der Waals surface area contributed by atoms with E-state index in [9.17, 15) is 14.4 Å². The van der Waals surface area contributed by atoms with Crippen LogP contribution in [-0.2, 0) is 19.1 Å². The van der Waals surface area contributed by atoms with E-state index in [1.165, 1.54) is 4.90 Å². The van der Waals surface area contributed by atoms with Gasteiger partial charge in [-0.2, -0.15) is 0 Å². The average Bonchev–Trinajstić information content (AvgIpc) is 2.45. The van der Waals surface area contributed by atoms with Gasteiger partial charge in [0, 0.05) is 13.0 Å². The highest BCUT2D eigenvalue weighted by Crippen LogP contribution is 2.17. The first kappa shape index (κ1) is 25.2. The Hall–Kier alpha value is -1.83. The van der Waals surface area contributed by atoms with Gasteiger partial charge in [0.25, 0.3) is 0 Å². The molecule has 0 saturated heterocycles. The molecule has 158 valence electrons. The molecular formula is C19H37N3O5. The van der Waals surface area contributed by atoms with Gasteiger partial charge < -0.3 is 20.9 Å². The molecule has 0 aliphatic heterocycles. The highest BCUT2D eigenvalue weighted by atomic mass is 16.6. The predicted molar refractivity (Wildman–Crippen MR) is 104 cm³/mol. The molecule has 8 heteroatoms. The second-order valence-electron chi connectivity index (χ2n) is 8.57. The number of nitrogens with two attached hydrogens (primary N) is 2. The SMILES string of the molecule is CC(C)(C)OC(=O)CCCN(C(=O)OC(C)(C)C)[C@@H](CCCCN)C(N)=O. The van der Waals surface area contributed by atoms with Crippen LogP contribution in [0.2, 0.25) is 0 Å². The van der Waals surface area contributed by atoms with Crippen LogP contribution in [0.15, 0.2) is 0 Å². The first-order valence-corrected chi connectivity index (χ1v) is 9.47. The maximum absolute atomic E-state index is 12.6. The van der Waals surface area contributed by atoms with Gasteiger partial charge in [0.05, 0.1) is 0 Å². The van der Waals surface area contributed by atoms with E-state index in [0.29, 0.717) is 25.8 Å². The molecule has 8 nitrogen and oxygen atoms in total. The van der Waals surface area contributed by atoms with E-state index in [1.807, 2.05) is 0 Å². The molecule has 0 saturated carbocycles. The average molecular weight is 388 g/mol. The van der Waals surface area contributed by atoms with Gasteiger partial charge in [0.1, 0.15) is 17.2 Å². The fourth-order valence-electron chi connectivity index (χ4n) is 2.41. The van der Waals surface area contributed by atoms with E-state index in [-0.39, 0.29) is 18.9 Å². The molecule has 0 aromatic carbocycles. The molecule has 2 amide bonds. The third-order valence-electron chi connectivity index (χ3n) is 3.46. The molecule has 0 radical (unpaired) electrons. The van der Waals surface area contributed by atoms with E-state index in [4.69, 9.17) is 20.9 Å². The van der Waals surface area contributed by atoms with Crippen LogP contribution in [0.3, 0.4) is 0 Å². The first-order chi connectivity index (χ1) is 12.3. The Labute approximate surface area is 162 Å². The normalized spacial score (nSPS) is 13.0. The van der Waals surface area contributed by atoms with Crippen molar-refractivity contribution >= 4 is 18.0 Å². The second kappa shape index (κ2) is 11.1. The molecule has 0 rings (SSSR count). The Bertz CT molecular complexity index is 495. The molecule has 1 atom stereocenters. The van der Waals surface area contributed by atoms with Crippen LogP contribution in [0, 0.1) is 0 Å². The number of esters is 1. The zero-order chi connectivity index (χ0) is 21.3. The number of amides is 2. The van der Waals surface area contributed by atoms with Crippen molar-refractivity contribution < 1.29 is 23.9 Å². The predicted octanol–water partition coefficient (Wildman–Crippen LogP) is 2.33. The molecule has 0 spiro atoms. The fourth-order valence-corrected chi connectivity index (χ4v) is 2.41. The van der Waals surface area contributed by atoms with E-state index < -0.39 is 29.2 Å². The zero-order valence-corrected chi connectivity index (χ0v) is 17.7. The van der Waals surface area contributed by atoms with Crippen LogP contribution in [0.1, 0.15) is 73.6 Å². The summed E-state index contributed by atoms with van der Waals surface area (Å²) in [6.07, 6.45) is 1.64. The number of unbranched alkanes of at least 4 members (excludes halogenated alkanes) is 1. The second-order valence-corrected chi connectivity index (χ2v) is 8.57. The van der Waals surface area contributed by atoms with Crippen molar-refractivity contribution in [1.29, 1.82) is 0 Å². The summed E-state index contributed by atoms with van der Waals surface area (Å²) in [5.74, 6) is -0.958. The van der Waals surface area contributed by atoms with Crippen LogP contribution in [0.4, 0.5) is 4.79 Å². The van der Waals surface area contributed by atoms with Crippen molar-refractivity contribution in [3.63, 3.8) is 0 Å². The van der Waals surface area contributed by atoms with Gasteiger partial charge in [-0.15, -0.1) is 0 Å². The first-order valence-electron chi connectivity index (χ1n) is 9.47. The molecule has 4 N–H and O–H groups in total. The number of ether oxygens (including phenoxy) is 2. The van der Waals surface area contributed by atoms with E-state index in [1.54, 1.807) is 41.5 Å². The maximum atomic E-state index is 12.6. The van der Waals surface area contributed by atoms with E-state index in [2.05, 4.69) is 0 Å². The fraction of sp³-hybridized carbons (Fsp3) is 0.842. The lowest BCUT2D eigenvalue weighted by Crippen LogP contribution is -2.50. The van der Waals surface area contributed by atoms with Crippen molar-refractivity contribution in [3.8, 4) is 0 Å². The molecule has 0 aliphatic rings. The van der Waals surface area contributed by atoms with E-state index in [0.717, 1.165) is 6.42 Å². The molecular weight excluding hydrogens is 350 g/mol. The van der Waals surface area contributed by atoms with Gasteiger partial charge in [-0.25, -0.2) is 4.79 Å². The van der Waals surface area contributed by atoms with Gasteiger partial charge >= 0.3 is 12.1 Å². The molecule has 0 heterocycles. The molecule has 27 heavy (non-hydrogen) atoms. The lowest BCUT2D eigenvalue weighted by molar-refractivity contribution is -0.155. The minimum Gasteiger partial charge on any atom is -0.460 e. The summed E-state index contributed by atoms with van der Waals surface area (Å²) in [6.45, 7) is 11.3. The molecule has 0 fully saturated rings. The van der Waals surface area contributed by atoms with Gasteiger partial charge in [0.2, 0.25) is 5.91 Å². The van der Waals surface area contributed by atoms with Gasteiger partial charge in [0.15, 0.2) is 0 Å². The van der Waals surface area contributed by atoms with Crippen LogP contribution >= 0.6 is 0 Å². The minimum atomic E-state index is -0.801. The third-order valence-corrected chi connectivity index (χ3v) is 3.46. The van der Waals surface area contributed by atoms with Crippen molar-refractivity contribution in [2.75, 3.05) is 13.1 Å². The van der Waals surface area contributed by atoms with Crippen molar-refractivity contribution in [2.24, 2.45) is 11.5 Å². The number of carbonyl (C=O) groups is 3. The van der Waals surface area contributed by atoms with Crippen LogP contribution < -0.4 is 11.5 Å². The Morgan fingerprint density at radius 1 is 0.926 bits per heavy atom. The lowest BCUT2D eigenvalue weighted by atomic mass is 10.1. The Balaban J connectivity index is 5.08. The lowest BCUT2D eigenvalue weighted by Gasteiger charge is -2.32. The van der Waals surface area contributed by atoms with Crippen LogP contribution in [-0.4, -0.2) is 53.2 Å². The topological polar surface area (TPSA) is 125 Å². The summed E-state index contributed by atoms with van der Waals surface area (Å²) in [4.78, 5) is 37.7. The summed E-state index contributed by atoms with van der Waals surface area (Å²) in [5.41, 5.74) is 9.75. The molecule has 0 aromatic rings. The summed E-state index contributed by atoms with van der Waals surface area (Å²) in [6, 6.07) is -0.801. The number of nitrogens with zero attached hydrogens (tertiary/aromatic N) is 1. The van der Waals surface area contributed by atoms with Crippen LogP contribution in [0.5, 0.6) is 0 Å². The van der Waals surface area contributed by atoms with Crippen molar-refractivity contribution in [2.45, 2.75) is 90.9 Å². The summed E-state index contributed by atoms with van der Waals surface area (Å²) in [5, 5.41) is 0. The minimum absolute atomic E-state index is 0.130. The Morgan fingerprint density at radius 3 is 1.93 bits per heavy atom. The Kier molecular flexibility index (Phi) is 10.4. The monoisotopic (exact) mass is 387 g/mol. The highest BCUT2D eigenvalue weighted by molar-refractivity contribution is 5.84. The zero-order valence-electron chi connectivity index (χ0n) is 17.7. The largest absolute Gasteiger partial charge is 0.460 e. The number of hydrogen-bond donors (Lipinski definition) is 2. The number of hydrogen-bond acceptors (Lipinski definition) is 6. The molecule has 0 bridgehead atoms. The van der Waals surface area contributed by atoms with Gasteiger partial charge in [-0.1, -0.05) is 0 Å². The molecule has 0 unspecified atom stereocenters. The Morgan fingerprint density at radius 2 is 1.48 bits per heavy atom. The van der Waals surface area contributed by atoms with Crippen molar-refractivity contribution in [3.05, 3.63) is 0 Å². The molecule has 0 aliphatic carbocycles. The number of carbonyl (C=O) groups excluding carboxylic acids is 3. The van der Waals surface area contributed by atoms with Crippen molar-refractivity contribution in [1.82, 2.24) is 4.90 Å². The quantitative estimate of drug-likeness (QED) is 0.438. The standard InChI is InChI=1S/C19H37N3O5/c1-18(2,3)26-15(23)11-9-13-22(17(25)27-19(4,5)6)14(16(21)24)10-7-8-12-20/h14H,7-13,20H2,1-6H3,(H2,21,24)/t14-/m0/s1. The van der Waals surface area contributed by atoms with Gasteiger partial charge in [-0.05, 0) is 73.8 Å². The number of rotatable bonds is 10. The smallest absolute Gasteiger partial charge is 0.410 e. The van der Waals surface area contributed by atoms with E-state index >= 15 is 0 Å². The third kappa shape index (κ3) is 12.2. The number of primary amides is 1. The summed E-state index contributed by atoms with van der Waals surface area (Å²) < 4.78 is 10.7.